The Morgan fingerprint density at radius 1 is 1.47 bits per heavy atom. The van der Waals surface area contributed by atoms with Crippen LogP contribution in [0.5, 0.6) is 0 Å². The molecule has 0 saturated heterocycles. The molecule has 0 radical (unpaired) electrons. The predicted molar refractivity (Wildman–Crippen MR) is 51.0 cm³/mol. The third-order valence-electron chi connectivity index (χ3n) is 1.98. The van der Waals surface area contributed by atoms with Crippen LogP contribution in [0.1, 0.15) is 19.2 Å². The molecule has 0 saturated carbocycles. The Morgan fingerprint density at radius 2 is 2.20 bits per heavy atom. The van der Waals surface area contributed by atoms with Crippen LogP contribution in [0.4, 0.5) is 8.78 Å². The van der Waals surface area contributed by atoms with Gasteiger partial charge in [0.25, 0.3) is 6.43 Å². The van der Waals surface area contributed by atoms with Gasteiger partial charge in [0.2, 0.25) is 0 Å². The number of hydrogen-bond donors (Lipinski definition) is 0. The van der Waals surface area contributed by atoms with Crippen molar-refractivity contribution in [2.24, 2.45) is 0 Å². The molecule has 0 atom stereocenters. The quantitative estimate of drug-likeness (QED) is 0.747. The van der Waals surface area contributed by atoms with Crippen molar-refractivity contribution < 1.29 is 8.78 Å². The van der Waals surface area contributed by atoms with E-state index < -0.39 is 12.2 Å². The van der Waals surface area contributed by atoms with Gasteiger partial charge >= 0.3 is 0 Å². The van der Waals surface area contributed by atoms with Gasteiger partial charge in [0.05, 0.1) is 6.33 Å². The molecule has 0 spiro atoms. The Morgan fingerprint density at radius 3 is 2.80 bits per heavy atom. The van der Waals surface area contributed by atoms with Gasteiger partial charge in [-0.05, 0) is 6.92 Å². The molecule has 4 nitrogen and oxygen atoms in total. The zero-order valence-corrected chi connectivity index (χ0v) is 8.54. The third-order valence-corrected chi connectivity index (χ3v) is 2.25. The largest absolute Gasteiger partial charge is 0.327 e. The van der Waals surface area contributed by atoms with Crippen molar-refractivity contribution in [1.82, 2.24) is 19.5 Å². The first kappa shape index (κ1) is 10.2. The molecule has 0 unspecified atom stereocenters. The summed E-state index contributed by atoms with van der Waals surface area (Å²) in [6.45, 7) is 2.52. The minimum Gasteiger partial charge on any atom is -0.327 e. The normalized spacial score (nSPS) is 11.5. The highest BCUT2D eigenvalue weighted by atomic mass is 35.5. The molecule has 0 bridgehead atoms. The van der Waals surface area contributed by atoms with Gasteiger partial charge in [-0.25, -0.2) is 23.7 Å². The summed E-state index contributed by atoms with van der Waals surface area (Å²) in [4.78, 5) is 11.0. The summed E-state index contributed by atoms with van der Waals surface area (Å²) >= 11 is 5.79. The summed E-state index contributed by atoms with van der Waals surface area (Å²) in [6, 6.07) is 0. The third kappa shape index (κ3) is 1.65. The molecule has 0 aliphatic rings. The van der Waals surface area contributed by atoms with E-state index in [9.17, 15) is 8.78 Å². The van der Waals surface area contributed by atoms with Gasteiger partial charge in [-0.2, -0.15) is 0 Å². The van der Waals surface area contributed by atoms with E-state index >= 15 is 0 Å². The molecule has 15 heavy (non-hydrogen) atoms. The first-order chi connectivity index (χ1) is 7.13. The second kappa shape index (κ2) is 3.69. The summed E-state index contributed by atoms with van der Waals surface area (Å²) in [5.41, 5.74) is 0.690. The van der Waals surface area contributed by atoms with Crippen LogP contribution >= 0.6 is 11.6 Å². The standard InChI is InChI=1S/C8H7ClF2N4/c1-2-15-3-12-7-4(15)5(9)13-8(14-7)6(10)11/h3,6H,2H2,1H3. The van der Waals surface area contributed by atoms with Gasteiger partial charge in [0.15, 0.2) is 16.6 Å². The lowest BCUT2D eigenvalue weighted by molar-refractivity contribution is 0.140. The van der Waals surface area contributed by atoms with E-state index in [1.54, 1.807) is 4.57 Å². The minimum absolute atomic E-state index is 0.00894. The second-order valence-electron chi connectivity index (χ2n) is 2.88. The van der Waals surface area contributed by atoms with E-state index in [1.807, 2.05) is 6.92 Å². The number of aryl methyl sites for hydroxylation is 1. The number of hydrogen-bond acceptors (Lipinski definition) is 3. The van der Waals surface area contributed by atoms with Crippen LogP contribution in [0, 0.1) is 0 Å². The highest BCUT2D eigenvalue weighted by molar-refractivity contribution is 6.33. The van der Waals surface area contributed by atoms with Crippen LogP contribution in [-0.2, 0) is 6.54 Å². The minimum atomic E-state index is -2.74. The zero-order chi connectivity index (χ0) is 11.0. The number of halogens is 3. The van der Waals surface area contributed by atoms with Gasteiger partial charge in [-0.15, -0.1) is 0 Å². The van der Waals surface area contributed by atoms with Crippen LogP contribution in [0.15, 0.2) is 6.33 Å². The Labute approximate surface area is 88.9 Å². The van der Waals surface area contributed by atoms with Crippen LogP contribution < -0.4 is 0 Å². The topological polar surface area (TPSA) is 43.6 Å². The van der Waals surface area contributed by atoms with Gasteiger partial charge in [0, 0.05) is 6.54 Å². The molecular weight excluding hydrogens is 226 g/mol. The maximum Gasteiger partial charge on any atom is 0.297 e. The lowest BCUT2D eigenvalue weighted by Gasteiger charge is -2.02. The summed E-state index contributed by atoms with van der Waals surface area (Å²) in [5, 5.41) is 0.00894. The molecule has 0 fully saturated rings. The average molecular weight is 233 g/mol. The number of imidazole rings is 1. The molecule has 80 valence electrons. The monoisotopic (exact) mass is 232 g/mol. The van der Waals surface area contributed by atoms with E-state index in [2.05, 4.69) is 15.0 Å². The van der Waals surface area contributed by atoms with Crippen molar-refractivity contribution in [1.29, 1.82) is 0 Å². The van der Waals surface area contributed by atoms with Gasteiger partial charge in [-0.1, -0.05) is 11.6 Å². The SMILES string of the molecule is CCn1cnc2nc(C(F)F)nc(Cl)c21. The van der Waals surface area contributed by atoms with Crippen molar-refractivity contribution in [3.8, 4) is 0 Å². The zero-order valence-electron chi connectivity index (χ0n) is 7.78. The summed E-state index contributed by atoms with van der Waals surface area (Å²) in [7, 11) is 0. The molecule has 2 heterocycles. The fourth-order valence-corrected chi connectivity index (χ4v) is 1.57. The Kier molecular flexibility index (Phi) is 2.52. The van der Waals surface area contributed by atoms with Crippen molar-refractivity contribution in [3.05, 3.63) is 17.3 Å². The van der Waals surface area contributed by atoms with E-state index in [1.165, 1.54) is 6.33 Å². The number of alkyl halides is 2. The highest BCUT2D eigenvalue weighted by Crippen LogP contribution is 2.23. The Balaban J connectivity index is 2.69. The molecule has 0 N–H and O–H groups in total. The summed E-state index contributed by atoms with van der Waals surface area (Å²) < 4.78 is 26.4. The van der Waals surface area contributed by atoms with Crippen LogP contribution in [0.2, 0.25) is 5.15 Å². The molecule has 0 aliphatic carbocycles. The van der Waals surface area contributed by atoms with Gasteiger partial charge in [0.1, 0.15) is 5.52 Å². The van der Waals surface area contributed by atoms with Crippen LogP contribution in [0.25, 0.3) is 11.2 Å². The molecule has 2 aromatic rings. The van der Waals surface area contributed by atoms with Crippen molar-refractivity contribution in [2.45, 2.75) is 19.9 Å². The van der Waals surface area contributed by atoms with Crippen molar-refractivity contribution >= 4 is 22.8 Å². The maximum atomic E-state index is 12.3. The summed E-state index contributed by atoms with van der Waals surface area (Å²) in [5.74, 6) is -0.589. The van der Waals surface area contributed by atoms with Gasteiger partial charge in [-0.3, -0.25) is 0 Å². The predicted octanol–water partition coefficient (Wildman–Crippen LogP) is 2.44. The molecule has 2 aromatic heterocycles. The van der Waals surface area contributed by atoms with E-state index in [0.717, 1.165) is 0 Å². The molecular formula is C8H7ClF2N4. The second-order valence-corrected chi connectivity index (χ2v) is 3.23. The number of fused-ring (bicyclic) bond motifs is 1. The number of aromatic nitrogens is 4. The molecule has 2 rings (SSSR count). The van der Waals surface area contributed by atoms with Gasteiger partial charge < -0.3 is 4.57 Å². The Hall–Kier alpha value is -1.30. The summed E-state index contributed by atoms with van der Waals surface area (Å²) in [6.07, 6.45) is -1.24. The first-order valence-corrected chi connectivity index (χ1v) is 4.67. The van der Waals surface area contributed by atoms with E-state index in [-0.39, 0.29) is 10.8 Å². The van der Waals surface area contributed by atoms with Crippen LogP contribution in [-0.4, -0.2) is 19.5 Å². The van der Waals surface area contributed by atoms with E-state index in [4.69, 9.17) is 11.6 Å². The number of nitrogens with zero attached hydrogens (tertiary/aromatic N) is 4. The van der Waals surface area contributed by atoms with E-state index in [0.29, 0.717) is 12.1 Å². The molecule has 0 aliphatic heterocycles. The maximum absolute atomic E-state index is 12.3. The number of rotatable bonds is 2. The van der Waals surface area contributed by atoms with Crippen molar-refractivity contribution in [3.63, 3.8) is 0 Å². The first-order valence-electron chi connectivity index (χ1n) is 4.30. The fraction of sp³-hybridized carbons (Fsp3) is 0.375. The molecule has 0 aromatic carbocycles. The lowest BCUT2D eigenvalue weighted by atomic mass is 10.5. The fourth-order valence-electron chi connectivity index (χ4n) is 1.29. The van der Waals surface area contributed by atoms with Crippen molar-refractivity contribution in [2.75, 3.05) is 0 Å². The smallest absolute Gasteiger partial charge is 0.297 e. The lowest BCUT2D eigenvalue weighted by Crippen LogP contribution is -1.99. The highest BCUT2D eigenvalue weighted by Gasteiger charge is 2.16. The van der Waals surface area contributed by atoms with Crippen LogP contribution in [0.3, 0.4) is 0 Å². The molecule has 0 amide bonds. The average Bonchev–Trinajstić information content (AvgIpc) is 2.60. The Bertz CT molecular complexity index is 497. The molecule has 7 heteroatoms.